The van der Waals surface area contributed by atoms with E-state index in [1.807, 2.05) is 0 Å². The summed E-state index contributed by atoms with van der Waals surface area (Å²) in [5.74, 6) is -2.22. The highest BCUT2D eigenvalue weighted by Gasteiger charge is 2.39. The Morgan fingerprint density at radius 1 is 1.38 bits per heavy atom. The Morgan fingerprint density at radius 2 is 2.00 bits per heavy atom. The van der Waals surface area contributed by atoms with E-state index >= 15 is 0 Å². The van der Waals surface area contributed by atoms with Gasteiger partial charge in [0, 0.05) is 15.1 Å². The number of nitriles is 1. The van der Waals surface area contributed by atoms with Gasteiger partial charge in [0.15, 0.2) is 5.92 Å². The highest BCUT2D eigenvalue weighted by atomic mass is 79.9. The van der Waals surface area contributed by atoms with Crippen molar-refractivity contribution in [2.24, 2.45) is 5.92 Å². The van der Waals surface area contributed by atoms with Crippen LogP contribution in [0.2, 0.25) is 0 Å². The SMILES string of the molecule is N#CC(CSc1ccccc1Br)C(F)(F)F. The fraction of sp³-hybridized carbons (Fsp3) is 0.300. The fourth-order valence-corrected chi connectivity index (χ4v) is 2.56. The van der Waals surface area contributed by atoms with E-state index in [2.05, 4.69) is 15.9 Å². The molecule has 0 radical (unpaired) electrons. The van der Waals surface area contributed by atoms with Gasteiger partial charge in [-0.1, -0.05) is 12.1 Å². The van der Waals surface area contributed by atoms with Gasteiger partial charge in [0.05, 0.1) is 6.07 Å². The third kappa shape index (κ3) is 3.72. The molecule has 0 aliphatic rings. The van der Waals surface area contributed by atoms with Crippen LogP contribution in [0.3, 0.4) is 0 Å². The lowest BCUT2D eigenvalue weighted by Crippen LogP contribution is -2.23. The smallest absolute Gasteiger partial charge is 0.198 e. The van der Waals surface area contributed by atoms with Gasteiger partial charge in [0.1, 0.15) is 0 Å². The normalized spacial score (nSPS) is 13.2. The quantitative estimate of drug-likeness (QED) is 0.780. The van der Waals surface area contributed by atoms with E-state index in [4.69, 9.17) is 5.26 Å². The van der Waals surface area contributed by atoms with Crippen LogP contribution in [0.5, 0.6) is 0 Å². The van der Waals surface area contributed by atoms with Crippen molar-refractivity contribution in [3.05, 3.63) is 28.7 Å². The lowest BCUT2D eigenvalue weighted by atomic mass is 10.2. The second-order valence-corrected chi connectivity index (χ2v) is 4.88. The molecule has 0 aliphatic heterocycles. The summed E-state index contributed by atoms with van der Waals surface area (Å²) in [5, 5.41) is 8.41. The van der Waals surface area contributed by atoms with Gasteiger partial charge in [-0.2, -0.15) is 18.4 Å². The fourth-order valence-electron chi connectivity index (χ4n) is 0.940. The molecule has 0 N–H and O–H groups in total. The molecule has 86 valence electrons. The van der Waals surface area contributed by atoms with Gasteiger partial charge in [-0.25, -0.2) is 0 Å². The van der Waals surface area contributed by atoms with E-state index < -0.39 is 12.1 Å². The van der Waals surface area contributed by atoms with Crippen LogP contribution in [0.15, 0.2) is 33.6 Å². The summed E-state index contributed by atoms with van der Waals surface area (Å²) >= 11 is 4.25. The van der Waals surface area contributed by atoms with Gasteiger partial charge in [-0.3, -0.25) is 0 Å². The van der Waals surface area contributed by atoms with Crippen LogP contribution in [0.25, 0.3) is 0 Å². The molecular weight excluding hydrogens is 303 g/mol. The van der Waals surface area contributed by atoms with E-state index in [0.29, 0.717) is 4.90 Å². The van der Waals surface area contributed by atoms with Crippen molar-refractivity contribution in [2.75, 3.05) is 5.75 Å². The van der Waals surface area contributed by atoms with Crippen molar-refractivity contribution < 1.29 is 13.2 Å². The van der Waals surface area contributed by atoms with E-state index in [1.165, 1.54) is 6.07 Å². The van der Waals surface area contributed by atoms with Gasteiger partial charge in [-0.15, -0.1) is 11.8 Å². The molecule has 0 spiro atoms. The zero-order valence-electron chi connectivity index (χ0n) is 7.96. The molecule has 16 heavy (non-hydrogen) atoms. The van der Waals surface area contributed by atoms with Crippen LogP contribution in [-0.2, 0) is 0 Å². The molecule has 1 unspecified atom stereocenters. The molecule has 0 bridgehead atoms. The average molecular weight is 310 g/mol. The molecular formula is C10H7BrF3NS. The van der Waals surface area contributed by atoms with Crippen LogP contribution >= 0.6 is 27.7 Å². The topological polar surface area (TPSA) is 23.8 Å². The predicted octanol–water partition coefficient (Wildman–Crippen LogP) is 4.24. The number of benzene rings is 1. The van der Waals surface area contributed by atoms with Crippen LogP contribution in [0.4, 0.5) is 13.2 Å². The third-order valence-electron chi connectivity index (χ3n) is 1.79. The monoisotopic (exact) mass is 309 g/mol. The van der Waals surface area contributed by atoms with E-state index in [9.17, 15) is 13.2 Å². The number of halogens is 4. The van der Waals surface area contributed by atoms with E-state index in [-0.39, 0.29) is 5.75 Å². The minimum atomic E-state index is -4.46. The number of alkyl halides is 3. The van der Waals surface area contributed by atoms with Gasteiger partial charge in [0.25, 0.3) is 0 Å². The van der Waals surface area contributed by atoms with Crippen molar-refractivity contribution in [2.45, 2.75) is 11.1 Å². The average Bonchev–Trinajstić information content (AvgIpc) is 2.19. The highest BCUT2D eigenvalue weighted by Crippen LogP contribution is 2.33. The van der Waals surface area contributed by atoms with E-state index in [0.717, 1.165) is 16.2 Å². The minimum Gasteiger partial charge on any atom is -0.198 e. The van der Waals surface area contributed by atoms with Crippen LogP contribution < -0.4 is 0 Å². The Hall–Kier alpha value is -0.670. The molecule has 1 nitrogen and oxygen atoms in total. The number of rotatable bonds is 3. The Labute approximate surface area is 104 Å². The number of hydrogen-bond donors (Lipinski definition) is 0. The Kier molecular flexibility index (Phi) is 4.69. The zero-order valence-corrected chi connectivity index (χ0v) is 10.4. The Morgan fingerprint density at radius 3 is 2.50 bits per heavy atom. The molecule has 0 saturated heterocycles. The van der Waals surface area contributed by atoms with Gasteiger partial charge < -0.3 is 0 Å². The molecule has 0 amide bonds. The second-order valence-electron chi connectivity index (χ2n) is 2.96. The highest BCUT2D eigenvalue weighted by molar-refractivity contribution is 9.10. The lowest BCUT2D eigenvalue weighted by molar-refractivity contribution is -0.152. The van der Waals surface area contributed by atoms with Crippen molar-refractivity contribution >= 4 is 27.7 Å². The summed E-state index contributed by atoms with van der Waals surface area (Å²) in [7, 11) is 0. The molecule has 1 atom stereocenters. The molecule has 1 aromatic carbocycles. The first-order valence-corrected chi connectivity index (χ1v) is 6.06. The molecule has 0 aromatic heterocycles. The lowest BCUT2D eigenvalue weighted by Gasteiger charge is -2.12. The predicted molar refractivity (Wildman–Crippen MR) is 60.0 cm³/mol. The first-order valence-electron chi connectivity index (χ1n) is 4.29. The molecule has 6 heteroatoms. The van der Waals surface area contributed by atoms with Crippen molar-refractivity contribution in [1.29, 1.82) is 5.26 Å². The summed E-state index contributed by atoms with van der Waals surface area (Å²) in [6, 6.07) is 8.24. The van der Waals surface area contributed by atoms with Crippen molar-refractivity contribution in [1.82, 2.24) is 0 Å². The second kappa shape index (κ2) is 5.60. The van der Waals surface area contributed by atoms with Crippen LogP contribution in [0, 0.1) is 17.2 Å². The molecule has 0 fully saturated rings. The van der Waals surface area contributed by atoms with E-state index in [1.54, 1.807) is 24.3 Å². The first kappa shape index (κ1) is 13.4. The molecule has 0 saturated carbocycles. The number of hydrogen-bond acceptors (Lipinski definition) is 2. The molecule has 0 aliphatic carbocycles. The zero-order chi connectivity index (χ0) is 12.2. The minimum absolute atomic E-state index is 0.289. The van der Waals surface area contributed by atoms with Gasteiger partial charge >= 0.3 is 6.18 Å². The summed E-state index contributed by atoms with van der Waals surface area (Å²) in [4.78, 5) is 0.701. The third-order valence-corrected chi connectivity index (χ3v) is 3.91. The van der Waals surface area contributed by atoms with Gasteiger partial charge in [-0.05, 0) is 28.1 Å². The van der Waals surface area contributed by atoms with Crippen molar-refractivity contribution in [3.8, 4) is 6.07 Å². The molecule has 1 rings (SSSR count). The summed E-state index contributed by atoms with van der Waals surface area (Å²) in [6.07, 6.45) is -4.46. The molecule has 1 aromatic rings. The summed E-state index contributed by atoms with van der Waals surface area (Å²) in [5.41, 5.74) is 0. The number of thioether (sulfide) groups is 1. The largest absolute Gasteiger partial charge is 0.405 e. The maximum atomic E-state index is 12.3. The van der Waals surface area contributed by atoms with Crippen LogP contribution in [0.1, 0.15) is 0 Å². The standard InChI is InChI=1S/C10H7BrF3NS/c11-8-3-1-2-4-9(8)16-6-7(5-15)10(12,13)14/h1-4,7H,6H2. The maximum Gasteiger partial charge on any atom is 0.405 e. The summed E-state index contributed by atoms with van der Waals surface area (Å²) < 4.78 is 37.6. The number of nitrogens with zero attached hydrogens (tertiary/aromatic N) is 1. The Balaban J connectivity index is 2.65. The van der Waals surface area contributed by atoms with Crippen molar-refractivity contribution in [3.63, 3.8) is 0 Å². The maximum absolute atomic E-state index is 12.3. The Bertz CT molecular complexity index is 400. The van der Waals surface area contributed by atoms with Crippen LogP contribution in [-0.4, -0.2) is 11.9 Å². The van der Waals surface area contributed by atoms with Gasteiger partial charge in [0.2, 0.25) is 0 Å². The summed E-state index contributed by atoms with van der Waals surface area (Å²) in [6.45, 7) is 0. The molecule has 0 heterocycles. The first-order chi connectivity index (χ1) is 7.45.